The third kappa shape index (κ3) is 3.49. The summed E-state index contributed by atoms with van der Waals surface area (Å²) >= 11 is 0. The van der Waals surface area contributed by atoms with Gasteiger partial charge in [0, 0.05) is 24.7 Å². The lowest BCUT2D eigenvalue weighted by atomic mass is 9.91. The highest BCUT2D eigenvalue weighted by atomic mass is 19.1. The summed E-state index contributed by atoms with van der Waals surface area (Å²) in [5, 5.41) is 11.0. The molecule has 1 saturated heterocycles. The molecule has 26 heavy (non-hydrogen) atoms. The van der Waals surface area contributed by atoms with Crippen molar-refractivity contribution in [2.24, 2.45) is 0 Å². The summed E-state index contributed by atoms with van der Waals surface area (Å²) in [5.41, 5.74) is -1.93. The summed E-state index contributed by atoms with van der Waals surface area (Å²) in [6.07, 6.45) is 0.123. The average Bonchev–Trinajstić information content (AvgIpc) is 2.79. The van der Waals surface area contributed by atoms with E-state index in [-0.39, 0.29) is 18.5 Å². The number of hydrogen-bond acceptors (Lipinski definition) is 4. The molecular formula is C17H18F2N4O3. The van der Waals surface area contributed by atoms with E-state index in [0.29, 0.717) is 17.5 Å². The number of nitrogens with one attached hydrogen (secondary N) is 1. The number of rotatable bonds is 6. The fourth-order valence-electron chi connectivity index (χ4n) is 2.80. The van der Waals surface area contributed by atoms with Gasteiger partial charge in [-0.15, -0.1) is 0 Å². The minimum Gasteiger partial charge on any atom is -0.340 e. The normalized spacial score (nSPS) is 19.3. The molecule has 1 fully saturated rings. The number of urea groups is 1. The third-order valence-corrected chi connectivity index (χ3v) is 4.27. The van der Waals surface area contributed by atoms with Gasteiger partial charge in [0.25, 0.3) is 5.91 Å². The summed E-state index contributed by atoms with van der Waals surface area (Å²) < 4.78 is 27.2. The molecule has 1 aromatic carbocycles. The molecular weight excluding hydrogens is 346 g/mol. The van der Waals surface area contributed by atoms with Crippen molar-refractivity contribution < 1.29 is 23.2 Å². The van der Waals surface area contributed by atoms with Gasteiger partial charge in [-0.05, 0) is 19.9 Å². The number of benzene rings is 1. The monoisotopic (exact) mass is 364 g/mol. The first kappa shape index (κ1) is 19.3. The molecule has 1 N–H and O–H groups in total. The highest BCUT2D eigenvalue weighted by molar-refractivity contribution is 6.09. The van der Waals surface area contributed by atoms with Crippen molar-refractivity contribution in [3.8, 4) is 6.07 Å². The van der Waals surface area contributed by atoms with Crippen molar-refractivity contribution >= 4 is 17.8 Å². The standard InChI is InChI=1S/C17H18F2N4O3/c1-3-22(8-4-7-20)14(24)10-23-15(25)17(2,21-16(23)26)12-6-5-11(18)9-13(12)19/h5-6,9H,3-4,8,10H2,1-2H3,(H,21,26). The van der Waals surface area contributed by atoms with Gasteiger partial charge in [-0.2, -0.15) is 5.26 Å². The molecule has 1 heterocycles. The van der Waals surface area contributed by atoms with Crippen LogP contribution in [-0.2, 0) is 15.1 Å². The molecule has 0 aliphatic carbocycles. The Hall–Kier alpha value is -3.02. The van der Waals surface area contributed by atoms with E-state index in [2.05, 4.69) is 5.32 Å². The van der Waals surface area contributed by atoms with E-state index >= 15 is 0 Å². The lowest BCUT2D eigenvalue weighted by Crippen LogP contribution is -2.45. The Balaban J connectivity index is 2.23. The van der Waals surface area contributed by atoms with Crippen LogP contribution in [0.3, 0.4) is 0 Å². The first-order valence-corrected chi connectivity index (χ1v) is 7.99. The van der Waals surface area contributed by atoms with Crippen LogP contribution < -0.4 is 5.32 Å². The van der Waals surface area contributed by atoms with Gasteiger partial charge >= 0.3 is 6.03 Å². The zero-order chi connectivity index (χ0) is 19.5. The summed E-state index contributed by atoms with van der Waals surface area (Å²) in [7, 11) is 0. The number of carbonyl (C=O) groups excluding carboxylic acids is 3. The van der Waals surface area contributed by atoms with Gasteiger partial charge in [0.1, 0.15) is 23.7 Å². The molecule has 1 unspecified atom stereocenters. The predicted octanol–water partition coefficient (Wildman–Crippen LogP) is 1.49. The quantitative estimate of drug-likeness (QED) is 0.774. The Morgan fingerprint density at radius 3 is 2.65 bits per heavy atom. The number of imide groups is 1. The first-order valence-electron chi connectivity index (χ1n) is 7.99. The van der Waals surface area contributed by atoms with Crippen LogP contribution in [-0.4, -0.2) is 47.3 Å². The lowest BCUT2D eigenvalue weighted by molar-refractivity contribution is -0.138. The molecule has 1 aliphatic heterocycles. The number of likely N-dealkylation sites (N-methyl/N-ethyl adjacent to an activating group) is 1. The maximum atomic E-state index is 14.1. The van der Waals surface area contributed by atoms with Gasteiger partial charge < -0.3 is 10.2 Å². The number of nitriles is 1. The molecule has 7 nitrogen and oxygen atoms in total. The van der Waals surface area contributed by atoms with Crippen LogP contribution in [0.15, 0.2) is 18.2 Å². The zero-order valence-electron chi connectivity index (χ0n) is 14.4. The van der Waals surface area contributed by atoms with Crippen LogP contribution in [0.25, 0.3) is 0 Å². The van der Waals surface area contributed by atoms with Gasteiger partial charge in [-0.25, -0.2) is 13.6 Å². The molecule has 0 saturated carbocycles. The Bertz CT molecular complexity index is 793. The topological polar surface area (TPSA) is 93.5 Å². The minimum absolute atomic E-state index is 0.123. The molecule has 1 aromatic rings. The fourth-order valence-corrected chi connectivity index (χ4v) is 2.80. The van der Waals surface area contributed by atoms with E-state index in [9.17, 15) is 23.2 Å². The molecule has 0 spiro atoms. The molecule has 1 atom stereocenters. The third-order valence-electron chi connectivity index (χ3n) is 4.27. The van der Waals surface area contributed by atoms with Crippen LogP contribution in [0.1, 0.15) is 25.8 Å². The van der Waals surface area contributed by atoms with Crippen molar-refractivity contribution in [3.63, 3.8) is 0 Å². The molecule has 0 radical (unpaired) electrons. The second-order valence-electron chi connectivity index (χ2n) is 5.95. The van der Waals surface area contributed by atoms with Crippen LogP contribution in [0.5, 0.6) is 0 Å². The summed E-state index contributed by atoms with van der Waals surface area (Å²) in [6, 6.07) is 3.76. The number of hydrogen-bond donors (Lipinski definition) is 1. The van der Waals surface area contributed by atoms with E-state index in [1.54, 1.807) is 6.92 Å². The minimum atomic E-state index is -1.74. The number of carbonyl (C=O) groups is 3. The largest absolute Gasteiger partial charge is 0.340 e. The van der Waals surface area contributed by atoms with E-state index < -0.39 is 41.6 Å². The first-order chi connectivity index (χ1) is 12.2. The molecule has 9 heteroatoms. The van der Waals surface area contributed by atoms with Crippen molar-refractivity contribution in [1.29, 1.82) is 5.26 Å². The van der Waals surface area contributed by atoms with Crippen molar-refractivity contribution in [2.75, 3.05) is 19.6 Å². The highest BCUT2D eigenvalue weighted by Crippen LogP contribution is 2.31. The zero-order valence-corrected chi connectivity index (χ0v) is 14.4. The van der Waals surface area contributed by atoms with Crippen LogP contribution in [0.2, 0.25) is 0 Å². The van der Waals surface area contributed by atoms with Gasteiger partial charge in [0.15, 0.2) is 0 Å². The van der Waals surface area contributed by atoms with Crippen molar-refractivity contribution in [1.82, 2.24) is 15.1 Å². The van der Waals surface area contributed by atoms with Crippen LogP contribution >= 0.6 is 0 Å². The Morgan fingerprint density at radius 2 is 2.08 bits per heavy atom. The summed E-state index contributed by atoms with van der Waals surface area (Å²) in [6.45, 7) is 2.97. The number of nitrogens with zero attached hydrogens (tertiary/aromatic N) is 3. The molecule has 2 rings (SSSR count). The molecule has 0 aromatic heterocycles. The summed E-state index contributed by atoms with van der Waals surface area (Å²) in [4.78, 5) is 39.2. The SMILES string of the molecule is CCN(CCC#N)C(=O)CN1C(=O)NC(C)(c2ccc(F)cc2F)C1=O. The van der Waals surface area contributed by atoms with E-state index in [4.69, 9.17) is 5.26 Å². The van der Waals surface area contributed by atoms with Gasteiger partial charge in [0.2, 0.25) is 5.91 Å². The van der Waals surface area contributed by atoms with Gasteiger partial charge in [0.05, 0.1) is 12.5 Å². The highest BCUT2D eigenvalue weighted by Gasteiger charge is 2.50. The molecule has 138 valence electrons. The lowest BCUT2D eigenvalue weighted by Gasteiger charge is -2.24. The second-order valence-corrected chi connectivity index (χ2v) is 5.95. The van der Waals surface area contributed by atoms with Gasteiger partial charge in [-0.3, -0.25) is 14.5 Å². The second kappa shape index (κ2) is 7.47. The predicted molar refractivity (Wildman–Crippen MR) is 86.4 cm³/mol. The van der Waals surface area contributed by atoms with Crippen molar-refractivity contribution in [3.05, 3.63) is 35.4 Å². The van der Waals surface area contributed by atoms with Crippen LogP contribution in [0, 0.1) is 23.0 Å². The number of halogens is 2. The van der Waals surface area contributed by atoms with E-state index in [0.717, 1.165) is 12.1 Å². The summed E-state index contributed by atoms with van der Waals surface area (Å²) in [5.74, 6) is -3.10. The van der Waals surface area contributed by atoms with E-state index in [1.807, 2.05) is 6.07 Å². The maximum absolute atomic E-state index is 14.1. The number of amides is 4. The average molecular weight is 364 g/mol. The Kier molecular flexibility index (Phi) is 5.55. The molecule has 0 bridgehead atoms. The van der Waals surface area contributed by atoms with E-state index in [1.165, 1.54) is 11.8 Å². The molecule has 4 amide bonds. The fraction of sp³-hybridized carbons (Fsp3) is 0.412. The van der Waals surface area contributed by atoms with Crippen molar-refractivity contribution in [2.45, 2.75) is 25.8 Å². The smallest absolute Gasteiger partial charge is 0.325 e. The maximum Gasteiger partial charge on any atom is 0.325 e. The molecule has 1 aliphatic rings. The Morgan fingerprint density at radius 1 is 1.38 bits per heavy atom. The van der Waals surface area contributed by atoms with Crippen LogP contribution in [0.4, 0.5) is 13.6 Å². The van der Waals surface area contributed by atoms with Gasteiger partial charge in [-0.1, -0.05) is 6.07 Å². The Labute approximate surface area is 149 Å².